The average Bonchev–Trinajstić information content (AvgIpc) is 2.52. The Kier molecular flexibility index (Phi) is 7.99. The van der Waals surface area contributed by atoms with E-state index < -0.39 is 21.5 Å². The van der Waals surface area contributed by atoms with Gasteiger partial charge in [0.05, 0.1) is 17.6 Å². The lowest BCUT2D eigenvalue weighted by Crippen LogP contribution is -2.52. The number of ether oxygens (including phenoxy) is 1. The number of hydrogen-bond acceptors (Lipinski definition) is 5. The monoisotopic (exact) mass is 365 g/mol. The average molecular weight is 366 g/mol. The number of hydrogen-bond donors (Lipinski definition) is 3. The lowest BCUT2D eigenvalue weighted by molar-refractivity contribution is 0.0997. The highest BCUT2D eigenvalue weighted by Crippen LogP contribution is 2.24. The van der Waals surface area contributed by atoms with Crippen molar-refractivity contribution in [2.75, 3.05) is 13.7 Å². The number of methoxy groups -OCH3 is 1. The van der Waals surface area contributed by atoms with Crippen LogP contribution in [0.25, 0.3) is 0 Å². The first-order chi connectivity index (χ1) is 10.2. The second-order valence-electron chi connectivity index (χ2n) is 5.02. The molecule has 9 heteroatoms. The first-order valence-electron chi connectivity index (χ1n) is 6.97. The van der Waals surface area contributed by atoms with E-state index in [1.807, 2.05) is 13.8 Å². The molecular weight excluding hydrogens is 342 g/mol. The van der Waals surface area contributed by atoms with Crippen LogP contribution in [0.3, 0.4) is 0 Å². The van der Waals surface area contributed by atoms with E-state index in [9.17, 15) is 13.2 Å². The minimum Gasteiger partial charge on any atom is -0.496 e. The fourth-order valence-electron chi connectivity index (χ4n) is 2.12. The molecule has 0 fully saturated rings. The Bertz CT molecular complexity index is 637. The fraction of sp³-hybridized carbons (Fsp3) is 0.500. The maximum atomic E-state index is 12.5. The Morgan fingerprint density at radius 3 is 2.26 bits per heavy atom. The number of carbonyl (C=O) groups excluding carboxylic acids is 1. The van der Waals surface area contributed by atoms with Crippen molar-refractivity contribution in [1.29, 1.82) is 0 Å². The summed E-state index contributed by atoms with van der Waals surface area (Å²) in [5, 5.41) is 0. The summed E-state index contributed by atoms with van der Waals surface area (Å²) in [6.07, 6.45) is 1.11. The molecule has 1 rings (SSSR count). The van der Waals surface area contributed by atoms with Crippen molar-refractivity contribution >= 4 is 28.3 Å². The summed E-state index contributed by atoms with van der Waals surface area (Å²) in [6.45, 7) is 3.90. The predicted octanol–water partition coefficient (Wildman–Crippen LogP) is 1.01. The Morgan fingerprint density at radius 1 is 1.30 bits per heavy atom. The molecule has 5 N–H and O–H groups in total. The summed E-state index contributed by atoms with van der Waals surface area (Å²) in [6, 6.07) is 3.97. The van der Waals surface area contributed by atoms with Gasteiger partial charge in [-0.25, -0.2) is 13.1 Å². The highest BCUT2D eigenvalue weighted by Gasteiger charge is 2.31. The Morgan fingerprint density at radius 2 is 1.87 bits per heavy atom. The summed E-state index contributed by atoms with van der Waals surface area (Å²) in [4.78, 5) is 11.4. The molecule has 0 aliphatic heterocycles. The van der Waals surface area contributed by atoms with Gasteiger partial charge in [-0.15, -0.1) is 12.4 Å². The molecule has 0 aromatic heterocycles. The molecule has 0 spiro atoms. The molecule has 0 saturated heterocycles. The van der Waals surface area contributed by atoms with Crippen molar-refractivity contribution in [2.45, 2.75) is 37.1 Å². The van der Waals surface area contributed by atoms with Crippen LogP contribution < -0.4 is 20.9 Å². The molecule has 23 heavy (non-hydrogen) atoms. The van der Waals surface area contributed by atoms with E-state index in [0.29, 0.717) is 12.8 Å². The largest absolute Gasteiger partial charge is 0.496 e. The Hall–Kier alpha value is -1.35. The number of rotatable bonds is 8. The molecule has 0 unspecified atom stereocenters. The lowest BCUT2D eigenvalue weighted by Gasteiger charge is -2.31. The van der Waals surface area contributed by atoms with Gasteiger partial charge in [0.25, 0.3) is 5.91 Å². The fourth-order valence-corrected chi connectivity index (χ4v) is 3.70. The number of primary amides is 1. The van der Waals surface area contributed by atoms with E-state index in [1.165, 1.54) is 25.3 Å². The number of halogens is 1. The van der Waals surface area contributed by atoms with E-state index in [4.69, 9.17) is 16.2 Å². The van der Waals surface area contributed by atoms with Crippen molar-refractivity contribution in [3.63, 3.8) is 0 Å². The van der Waals surface area contributed by atoms with E-state index in [-0.39, 0.29) is 35.2 Å². The molecule has 1 aromatic carbocycles. The van der Waals surface area contributed by atoms with E-state index in [2.05, 4.69) is 4.72 Å². The normalized spacial score (nSPS) is 11.7. The van der Waals surface area contributed by atoms with Crippen LogP contribution in [-0.2, 0) is 10.0 Å². The van der Waals surface area contributed by atoms with Gasteiger partial charge < -0.3 is 16.2 Å². The third-order valence-electron chi connectivity index (χ3n) is 3.84. The molecule has 0 atom stereocenters. The smallest absolute Gasteiger partial charge is 0.252 e. The molecule has 7 nitrogen and oxygen atoms in total. The highest BCUT2D eigenvalue weighted by atomic mass is 35.5. The molecule has 0 heterocycles. The SMILES string of the molecule is CCC(CC)(CN)NS(=O)(=O)c1ccc(OC)c(C(N)=O)c1.Cl. The zero-order chi connectivity index (χ0) is 17.0. The zero-order valence-electron chi connectivity index (χ0n) is 13.5. The maximum absolute atomic E-state index is 12.5. The second-order valence-corrected chi connectivity index (χ2v) is 6.71. The van der Waals surface area contributed by atoms with Gasteiger partial charge in [-0.2, -0.15) is 0 Å². The van der Waals surface area contributed by atoms with Gasteiger partial charge >= 0.3 is 0 Å². The van der Waals surface area contributed by atoms with Crippen molar-refractivity contribution < 1.29 is 17.9 Å². The van der Waals surface area contributed by atoms with Crippen LogP contribution in [0.2, 0.25) is 0 Å². The minimum absolute atomic E-state index is 0. The van der Waals surface area contributed by atoms with E-state index >= 15 is 0 Å². The van der Waals surface area contributed by atoms with Crippen LogP contribution in [-0.4, -0.2) is 33.5 Å². The van der Waals surface area contributed by atoms with Crippen molar-refractivity contribution in [1.82, 2.24) is 4.72 Å². The van der Waals surface area contributed by atoms with Crippen LogP contribution in [0, 0.1) is 0 Å². The first kappa shape index (κ1) is 21.6. The molecular formula is C14H24ClN3O4S. The lowest BCUT2D eigenvalue weighted by atomic mass is 9.95. The summed E-state index contributed by atoms with van der Waals surface area (Å²) in [5.74, 6) is -0.535. The molecule has 132 valence electrons. The summed E-state index contributed by atoms with van der Waals surface area (Å²) in [7, 11) is -2.45. The number of sulfonamides is 1. The van der Waals surface area contributed by atoms with Gasteiger partial charge in [-0.1, -0.05) is 13.8 Å². The van der Waals surface area contributed by atoms with Crippen LogP contribution in [0.1, 0.15) is 37.0 Å². The Labute approximate surface area is 143 Å². The maximum Gasteiger partial charge on any atom is 0.252 e. The van der Waals surface area contributed by atoms with Crippen molar-refractivity contribution in [2.24, 2.45) is 11.5 Å². The van der Waals surface area contributed by atoms with Crippen molar-refractivity contribution in [3.8, 4) is 5.75 Å². The first-order valence-corrected chi connectivity index (χ1v) is 8.45. The van der Waals surface area contributed by atoms with Crippen LogP contribution in [0.4, 0.5) is 0 Å². The zero-order valence-corrected chi connectivity index (χ0v) is 15.1. The molecule has 0 saturated carbocycles. The minimum atomic E-state index is -3.83. The summed E-state index contributed by atoms with van der Waals surface area (Å²) >= 11 is 0. The van der Waals surface area contributed by atoms with Gasteiger partial charge in [0, 0.05) is 12.1 Å². The number of carbonyl (C=O) groups is 1. The summed E-state index contributed by atoms with van der Waals surface area (Å²) < 4.78 is 32.7. The quantitative estimate of drug-likeness (QED) is 0.634. The van der Waals surface area contributed by atoms with Gasteiger partial charge in [0.1, 0.15) is 5.75 Å². The molecule has 1 aromatic rings. The Balaban J connectivity index is 0.00000484. The topological polar surface area (TPSA) is 125 Å². The van der Waals surface area contributed by atoms with Crippen LogP contribution >= 0.6 is 12.4 Å². The molecule has 0 bridgehead atoms. The molecule has 0 aliphatic carbocycles. The predicted molar refractivity (Wildman–Crippen MR) is 91.4 cm³/mol. The number of benzene rings is 1. The summed E-state index contributed by atoms with van der Waals surface area (Å²) in [5.41, 5.74) is 10.3. The van der Waals surface area contributed by atoms with Crippen LogP contribution in [0.15, 0.2) is 23.1 Å². The van der Waals surface area contributed by atoms with Gasteiger partial charge in [0.15, 0.2) is 0 Å². The van der Waals surface area contributed by atoms with Gasteiger partial charge in [-0.3, -0.25) is 4.79 Å². The van der Waals surface area contributed by atoms with Gasteiger partial charge in [-0.05, 0) is 31.0 Å². The van der Waals surface area contributed by atoms with Crippen molar-refractivity contribution in [3.05, 3.63) is 23.8 Å². The van der Waals surface area contributed by atoms with Crippen LogP contribution in [0.5, 0.6) is 5.75 Å². The number of nitrogens with one attached hydrogen (secondary N) is 1. The van der Waals surface area contributed by atoms with Gasteiger partial charge in [0.2, 0.25) is 10.0 Å². The van der Waals surface area contributed by atoms with E-state index in [1.54, 1.807) is 0 Å². The number of amides is 1. The second kappa shape index (κ2) is 8.49. The third-order valence-corrected chi connectivity index (χ3v) is 5.42. The highest BCUT2D eigenvalue weighted by molar-refractivity contribution is 7.89. The van der Waals surface area contributed by atoms with E-state index in [0.717, 1.165) is 0 Å². The molecule has 0 aliphatic rings. The number of nitrogens with two attached hydrogens (primary N) is 2. The third kappa shape index (κ3) is 4.81. The molecule has 0 radical (unpaired) electrons. The standard InChI is InChI=1S/C14H23N3O4S.ClH/c1-4-14(5-2,9-15)17-22(19,20)10-6-7-12(21-3)11(8-10)13(16)18;/h6-8,17H,4-5,9,15H2,1-3H3,(H2,16,18);1H. The molecule has 1 amide bonds.